The molecular formula is C22H21F2N9O2. The Hall–Kier alpha value is -4.42. The summed E-state index contributed by atoms with van der Waals surface area (Å²) in [5.74, 6) is -1.06. The summed E-state index contributed by atoms with van der Waals surface area (Å²) in [5, 5.41) is 21.3. The molecule has 1 aliphatic carbocycles. The topological polar surface area (TPSA) is 131 Å². The highest BCUT2D eigenvalue weighted by Crippen LogP contribution is 2.48. The third kappa shape index (κ3) is 4.27. The Kier molecular flexibility index (Phi) is 5.38. The molecule has 3 aromatic heterocycles. The number of nitro benzene ring substituents is 1. The smallest absolute Gasteiger partial charge is 0.275 e. The molecule has 0 unspecified atom stereocenters. The van der Waals surface area contributed by atoms with Crippen molar-refractivity contribution in [2.45, 2.75) is 25.7 Å². The first kappa shape index (κ1) is 22.4. The van der Waals surface area contributed by atoms with Crippen molar-refractivity contribution in [3.8, 4) is 11.4 Å². The summed E-state index contributed by atoms with van der Waals surface area (Å²) in [6, 6.07) is 3.13. The number of H-pyrrole nitrogens is 1. The minimum atomic E-state index is -1.11. The van der Waals surface area contributed by atoms with Gasteiger partial charge in [0, 0.05) is 37.6 Å². The standard InChI is InChI=1S/C22H21F2N9O2/c1-11-6-17(30-29-11)26-21-18(12-4-5-12)19(16-9-31(2)10-25-16)27-22(28-21)32(3)20-14(23)7-13(33(34)35)8-15(20)24/h6-10,12H,4-5H2,1-3H3,(H2,26,27,28,29,30). The first-order valence-corrected chi connectivity index (χ1v) is 10.8. The number of imidazole rings is 1. The van der Waals surface area contributed by atoms with Gasteiger partial charge >= 0.3 is 0 Å². The van der Waals surface area contributed by atoms with E-state index in [0.29, 0.717) is 35.2 Å². The summed E-state index contributed by atoms with van der Waals surface area (Å²) >= 11 is 0. The Balaban J connectivity index is 1.67. The number of nitrogens with one attached hydrogen (secondary N) is 2. The van der Waals surface area contributed by atoms with Gasteiger partial charge in [-0.05, 0) is 25.7 Å². The molecule has 0 bridgehead atoms. The Morgan fingerprint density at radius 1 is 1.23 bits per heavy atom. The van der Waals surface area contributed by atoms with Crippen molar-refractivity contribution in [3.63, 3.8) is 0 Å². The summed E-state index contributed by atoms with van der Waals surface area (Å²) < 4.78 is 31.4. The zero-order valence-electron chi connectivity index (χ0n) is 19.1. The van der Waals surface area contributed by atoms with Crippen molar-refractivity contribution >= 4 is 29.0 Å². The van der Waals surface area contributed by atoms with Gasteiger partial charge in [0.05, 0.1) is 23.4 Å². The van der Waals surface area contributed by atoms with Crippen molar-refractivity contribution in [2.75, 3.05) is 17.3 Å². The molecule has 2 N–H and O–H groups in total. The van der Waals surface area contributed by atoms with Gasteiger partial charge in [0.1, 0.15) is 22.9 Å². The van der Waals surface area contributed by atoms with Crippen LogP contribution in [-0.4, -0.2) is 41.7 Å². The second kappa shape index (κ2) is 8.42. The first-order chi connectivity index (χ1) is 16.7. The molecular weight excluding hydrogens is 460 g/mol. The molecule has 0 spiro atoms. The number of aromatic nitrogens is 6. The lowest BCUT2D eigenvalue weighted by Crippen LogP contribution is -2.18. The monoisotopic (exact) mass is 481 g/mol. The fourth-order valence-corrected chi connectivity index (χ4v) is 3.87. The molecule has 13 heteroatoms. The lowest BCUT2D eigenvalue weighted by atomic mass is 10.1. The van der Waals surface area contributed by atoms with Gasteiger partial charge in [0.25, 0.3) is 5.69 Å². The molecule has 35 heavy (non-hydrogen) atoms. The van der Waals surface area contributed by atoms with E-state index in [2.05, 4.69) is 30.5 Å². The average Bonchev–Trinajstić information content (AvgIpc) is 3.42. The van der Waals surface area contributed by atoms with E-state index in [4.69, 9.17) is 0 Å². The fourth-order valence-electron chi connectivity index (χ4n) is 3.87. The number of halogens is 2. The van der Waals surface area contributed by atoms with E-state index < -0.39 is 27.9 Å². The number of benzene rings is 1. The zero-order valence-corrected chi connectivity index (χ0v) is 19.1. The van der Waals surface area contributed by atoms with Gasteiger partial charge in [-0.2, -0.15) is 10.1 Å². The van der Waals surface area contributed by atoms with Gasteiger partial charge in [-0.3, -0.25) is 15.2 Å². The van der Waals surface area contributed by atoms with Crippen LogP contribution in [0.3, 0.4) is 0 Å². The second-order valence-electron chi connectivity index (χ2n) is 8.47. The summed E-state index contributed by atoms with van der Waals surface area (Å²) in [7, 11) is 3.22. The predicted octanol–water partition coefficient (Wildman–Crippen LogP) is 4.48. The highest BCUT2D eigenvalue weighted by Gasteiger charge is 2.33. The maximum Gasteiger partial charge on any atom is 0.275 e. The van der Waals surface area contributed by atoms with Gasteiger partial charge < -0.3 is 14.8 Å². The van der Waals surface area contributed by atoms with E-state index >= 15 is 0 Å². The Labute approximate surface area is 198 Å². The molecule has 0 aliphatic heterocycles. The van der Waals surface area contributed by atoms with Crippen LogP contribution in [-0.2, 0) is 7.05 Å². The van der Waals surface area contributed by atoms with Gasteiger partial charge in [-0.25, -0.2) is 18.7 Å². The SMILES string of the molecule is Cc1cc(Nc2nc(N(C)c3c(F)cc([N+](=O)[O-])cc3F)nc(-c3cn(C)cn3)c2C2CC2)n[nH]1. The lowest BCUT2D eigenvalue weighted by molar-refractivity contribution is -0.385. The molecule has 1 fully saturated rings. The lowest BCUT2D eigenvalue weighted by Gasteiger charge is -2.22. The number of aromatic amines is 1. The number of hydrogen-bond donors (Lipinski definition) is 2. The van der Waals surface area contributed by atoms with Crippen LogP contribution in [0.4, 0.5) is 37.7 Å². The van der Waals surface area contributed by atoms with Crippen molar-refractivity contribution < 1.29 is 13.7 Å². The number of hydrogen-bond acceptors (Lipinski definition) is 8. The molecule has 11 nitrogen and oxygen atoms in total. The maximum atomic E-state index is 14.8. The first-order valence-electron chi connectivity index (χ1n) is 10.8. The highest BCUT2D eigenvalue weighted by atomic mass is 19.1. The molecule has 3 heterocycles. The predicted molar refractivity (Wildman–Crippen MR) is 124 cm³/mol. The summed E-state index contributed by atoms with van der Waals surface area (Å²) in [5.41, 5.74) is 1.59. The van der Waals surface area contributed by atoms with E-state index in [-0.39, 0.29) is 11.9 Å². The molecule has 1 aromatic carbocycles. The summed E-state index contributed by atoms with van der Waals surface area (Å²) in [6.45, 7) is 1.86. The van der Waals surface area contributed by atoms with E-state index in [1.807, 2.05) is 14.0 Å². The summed E-state index contributed by atoms with van der Waals surface area (Å²) in [6.07, 6.45) is 5.32. The second-order valence-corrected chi connectivity index (χ2v) is 8.47. The normalized spacial score (nSPS) is 13.2. The van der Waals surface area contributed by atoms with Gasteiger partial charge in [0.15, 0.2) is 17.5 Å². The Bertz CT molecular complexity index is 1420. The number of rotatable bonds is 7. The Morgan fingerprint density at radius 2 is 1.94 bits per heavy atom. The molecule has 4 aromatic rings. The van der Waals surface area contributed by atoms with Gasteiger partial charge in [-0.15, -0.1) is 0 Å². The highest BCUT2D eigenvalue weighted by molar-refractivity contribution is 5.74. The van der Waals surface area contributed by atoms with Crippen molar-refractivity contribution in [1.29, 1.82) is 0 Å². The molecule has 1 aliphatic rings. The van der Waals surface area contributed by atoms with Crippen LogP contribution in [0.15, 0.2) is 30.7 Å². The van der Waals surface area contributed by atoms with Crippen molar-refractivity contribution in [2.24, 2.45) is 7.05 Å². The molecule has 1 saturated carbocycles. The van der Waals surface area contributed by atoms with Crippen molar-refractivity contribution in [1.82, 2.24) is 29.7 Å². The quantitative estimate of drug-likeness (QED) is 0.292. The van der Waals surface area contributed by atoms with Crippen LogP contribution in [0, 0.1) is 28.7 Å². The molecule has 5 rings (SSSR count). The van der Waals surface area contributed by atoms with Crippen LogP contribution >= 0.6 is 0 Å². The molecule has 0 amide bonds. The van der Waals surface area contributed by atoms with E-state index in [1.54, 1.807) is 23.2 Å². The van der Waals surface area contributed by atoms with E-state index in [9.17, 15) is 18.9 Å². The number of aryl methyl sites for hydroxylation is 2. The Morgan fingerprint density at radius 3 is 2.49 bits per heavy atom. The minimum absolute atomic E-state index is 0.0172. The van der Waals surface area contributed by atoms with Crippen LogP contribution in [0.2, 0.25) is 0 Å². The zero-order chi connectivity index (χ0) is 24.9. The van der Waals surface area contributed by atoms with Crippen LogP contribution in [0.5, 0.6) is 0 Å². The van der Waals surface area contributed by atoms with Gasteiger partial charge in [0.2, 0.25) is 5.95 Å². The van der Waals surface area contributed by atoms with Crippen molar-refractivity contribution in [3.05, 3.63) is 63.7 Å². The van der Waals surface area contributed by atoms with Crippen LogP contribution in [0.1, 0.15) is 30.0 Å². The average molecular weight is 481 g/mol. The molecule has 0 saturated heterocycles. The minimum Gasteiger partial charge on any atom is -0.340 e. The summed E-state index contributed by atoms with van der Waals surface area (Å²) in [4.78, 5) is 24.9. The maximum absolute atomic E-state index is 14.8. The van der Waals surface area contributed by atoms with Crippen LogP contribution < -0.4 is 10.2 Å². The number of nitro groups is 1. The number of nitrogens with zero attached hydrogens (tertiary/aromatic N) is 7. The molecule has 180 valence electrons. The largest absolute Gasteiger partial charge is 0.340 e. The number of anilines is 4. The third-order valence-electron chi connectivity index (χ3n) is 5.67. The van der Waals surface area contributed by atoms with Gasteiger partial charge in [-0.1, -0.05) is 0 Å². The fraction of sp³-hybridized carbons (Fsp3) is 0.273. The number of non-ortho nitro benzene ring substituents is 1. The van der Waals surface area contributed by atoms with E-state index in [0.717, 1.165) is 29.0 Å². The van der Waals surface area contributed by atoms with E-state index in [1.165, 1.54) is 7.05 Å². The van der Waals surface area contributed by atoms with Crippen LogP contribution in [0.25, 0.3) is 11.4 Å². The molecule has 0 radical (unpaired) electrons. The molecule has 0 atom stereocenters. The third-order valence-corrected chi connectivity index (χ3v) is 5.67.